The van der Waals surface area contributed by atoms with Crippen molar-refractivity contribution in [2.45, 2.75) is 13.0 Å². The number of nitrogens with zero attached hydrogens (tertiary/aromatic N) is 1. The summed E-state index contributed by atoms with van der Waals surface area (Å²) in [5, 5.41) is 3.67. The number of halogens is 2. The number of rotatable bonds is 5. The molecule has 0 radical (unpaired) electrons. The third-order valence-electron chi connectivity index (χ3n) is 4.24. The molecule has 0 aromatic heterocycles. The minimum absolute atomic E-state index is 0.0955. The Morgan fingerprint density at radius 2 is 1.92 bits per heavy atom. The van der Waals surface area contributed by atoms with Crippen molar-refractivity contribution in [1.29, 1.82) is 0 Å². The van der Waals surface area contributed by atoms with E-state index < -0.39 is 0 Å². The summed E-state index contributed by atoms with van der Waals surface area (Å²) < 4.78 is 0. The van der Waals surface area contributed by atoms with Crippen molar-refractivity contribution in [3.8, 4) is 0 Å². The van der Waals surface area contributed by atoms with Gasteiger partial charge in [-0.05, 0) is 23.8 Å². The van der Waals surface area contributed by atoms with E-state index in [9.17, 15) is 9.59 Å². The van der Waals surface area contributed by atoms with Crippen molar-refractivity contribution in [2.24, 2.45) is 5.92 Å². The van der Waals surface area contributed by atoms with E-state index in [4.69, 9.17) is 23.2 Å². The molecule has 1 atom stereocenters. The van der Waals surface area contributed by atoms with Gasteiger partial charge < -0.3 is 10.2 Å². The lowest BCUT2D eigenvalue weighted by Gasteiger charge is -2.17. The van der Waals surface area contributed by atoms with Crippen molar-refractivity contribution in [3.05, 3.63) is 69.7 Å². The number of benzene rings is 2. The van der Waals surface area contributed by atoms with Crippen LogP contribution in [0.1, 0.15) is 22.3 Å². The standard InChI is InChI=1S/C19H18Cl2N2O2/c20-15-6-7-17(21)16(9-15)19(25)22-10-14-8-18(24)23(12-14)11-13-4-2-1-3-5-13/h1-7,9,14H,8,10-12H2,(H,22,25). The fourth-order valence-corrected chi connectivity index (χ4v) is 3.33. The highest BCUT2D eigenvalue weighted by molar-refractivity contribution is 6.35. The second-order valence-corrected chi connectivity index (χ2v) is 7.01. The first kappa shape index (κ1) is 17.8. The van der Waals surface area contributed by atoms with E-state index in [-0.39, 0.29) is 17.7 Å². The second-order valence-electron chi connectivity index (χ2n) is 6.16. The zero-order valence-electron chi connectivity index (χ0n) is 13.5. The molecule has 130 valence electrons. The van der Waals surface area contributed by atoms with Gasteiger partial charge in [-0.1, -0.05) is 53.5 Å². The van der Waals surface area contributed by atoms with E-state index in [0.717, 1.165) is 5.56 Å². The molecule has 3 rings (SSSR count). The van der Waals surface area contributed by atoms with Crippen LogP contribution in [0.15, 0.2) is 48.5 Å². The predicted octanol–water partition coefficient (Wildman–Crippen LogP) is 3.77. The van der Waals surface area contributed by atoms with E-state index in [1.165, 1.54) is 0 Å². The van der Waals surface area contributed by atoms with Gasteiger partial charge in [0.2, 0.25) is 5.91 Å². The Morgan fingerprint density at radius 1 is 1.16 bits per heavy atom. The maximum Gasteiger partial charge on any atom is 0.252 e. The first-order valence-corrected chi connectivity index (χ1v) is 8.83. The normalized spacial score (nSPS) is 17.0. The SMILES string of the molecule is O=C(NCC1CC(=O)N(Cc2ccccc2)C1)c1cc(Cl)ccc1Cl. The third-order valence-corrected chi connectivity index (χ3v) is 4.80. The number of likely N-dealkylation sites (tertiary alicyclic amines) is 1. The van der Waals surface area contributed by atoms with Crippen molar-refractivity contribution in [2.75, 3.05) is 13.1 Å². The number of amides is 2. The van der Waals surface area contributed by atoms with Crippen LogP contribution in [0.2, 0.25) is 10.0 Å². The van der Waals surface area contributed by atoms with Crippen LogP contribution in [0.25, 0.3) is 0 Å². The predicted molar refractivity (Wildman–Crippen MR) is 98.8 cm³/mol. The highest BCUT2D eigenvalue weighted by Gasteiger charge is 2.29. The summed E-state index contributed by atoms with van der Waals surface area (Å²) in [5.41, 5.74) is 1.45. The molecule has 4 nitrogen and oxygen atoms in total. The van der Waals surface area contributed by atoms with Gasteiger partial charge in [0.25, 0.3) is 5.91 Å². The Bertz CT molecular complexity index is 780. The Morgan fingerprint density at radius 3 is 2.68 bits per heavy atom. The molecule has 1 N–H and O–H groups in total. The van der Waals surface area contributed by atoms with Crippen LogP contribution in [-0.2, 0) is 11.3 Å². The molecule has 1 unspecified atom stereocenters. The quantitative estimate of drug-likeness (QED) is 0.863. The minimum Gasteiger partial charge on any atom is -0.352 e. The molecule has 0 aliphatic carbocycles. The molecule has 0 spiro atoms. The van der Waals surface area contributed by atoms with E-state index in [0.29, 0.717) is 41.7 Å². The molecule has 1 fully saturated rings. The molecule has 1 heterocycles. The highest BCUT2D eigenvalue weighted by atomic mass is 35.5. The molecule has 0 bridgehead atoms. The maximum atomic E-state index is 12.3. The van der Waals surface area contributed by atoms with Crippen molar-refractivity contribution >= 4 is 35.0 Å². The second kappa shape index (κ2) is 7.89. The molecular weight excluding hydrogens is 359 g/mol. The largest absolute Gasteiger partial charge is 0.352 e. The topological polar surface area (TPSA) is 49.4 Å². The summed E-state index contributed by atoms with van der Waals surface area (Å²) >= 11 is 12.0. The smallest absolute Gasteiger partial charge is 0.252 e. The Hall–Kier alpha value is -2.04. The van der Waals surface area contributed by atoms with Crippen LogP contribution in [0, 0.1) is 5.92 Å². The summed E-state index contributed by atoms with van der Waals surface area (Å²) in [4.78, 5) is 26.3. The average molecular weight is 377 g/mol. The molecule has 2 aromatic rings. The third kappa shape index (κ3) is 4.53. The monoisotopic (exact) mass is 376 g/mol. The average Bonchev–Trinajstić information content (AvgIpc) is 2.95. The van der Waals surface area contributed by atoms with Crippen molar-refractivity contribution in [1.82, 2.24) is 10.2 Å². The van der Waals surface area contributed by atoms with Gasteiger partial charge in [-0.2, -0.15) is 0 Å². The van der Waals surface area contributed by atoms with Gasteiger partial charge >= 0.3 is 0 Å². The van der Waals surface area contributed by atoms with Gasteiger partial charge in [0, 0.05) is 37.0 Å². The summed E-state index contributed by atoms with van der Waals surface area (Å²) in [7, 11) is 0. The zero-order valence-corrected chi connectivity index (χ0v) is 15.1. The molecule has 6 heteroatoms. The van der Waals surface area contributed by atoms with Crippen LogP contribution in [-0.4, -0.2) is 29.8 Å². The Labute approximate surface area is 156 Å². The number of hydrogen-bond acceptors (Lipinski definition) is 2. The van der Waals surface area contributed by atoms with Gasteiger partial charge in [0.15, 0.2) is 0 Å². The van der Waals surface area contributed by atoms with E-state index >= 15 is 0 Å². The van der Waals surface area contributed by atoms with Crippen LogP contribution >= 0.6 is 23.2 Å². The van der Waals surface area contributed by atoms with E-state index in [2.05, 4.69) is 5.32 Å². The lowest BCUT2D eigenvalue weighted by molar-refractivity contribution is -0.128. The van der Waals surface area contributed by atoms with Crippen LogP contribution in [0.5, 0.6) is 0 Å². The van der Waals surface area contributed by atoms with Gasteiger partial charge in [-0.15, -0.1) is 0 Å². The van der Waals surface area contributed by atoms with Gasteiger partial charge in [-0.3, -0.25) is 9.59 Å². The van der Waals surface area contributed by atoms with E-state index in [1.807, 2.05) is 35.2 Å². The van der Waals surface area contributed by atoms with Crippen LogP contribution in [0.3, 0.4) is 0 Å². The maximum absolute atomic E-state index is 12.3. The number of carbonyl (C=O) groups excluding carboxylic acids is 2. The zero-order chi connectivity index (χ0) is 17.8. The molecule has 0 saturated carbocycles. The first-order valence-electron chi connectivity index (χ1n) is 8.08. The van der Waals surface area contributed by atoms with Gasteiger partial charge in [0.05, 0.1) is 10.6 Å². The summed E-state index contributed by atoms with van der Waals surface area (Å²) in [6, 6.07) is 14.7. The van der Waals surface area contributed by atoms with Crippen molar-refractivity contribution in [3.63, 3.8) is 0 Å². The number of hydrogen-bond donors (Lipinski definition) is 1. The fraction of sp³-hybridized carbons (Fsp3) is 0.263. The van der Waals surface area contributed by atoms with Crippen molar-refractivity contribution < 1.29 is 9.59 Å². The van der Waals surface area contributed by atoms with Gasteiger partial charge in [-0.25, -0.2) is 0 Å². The fourth-order valence-electron chi connectivity index (χ4n) is 2.95. The lowest BCUT2D eigenvalue weighted by Crippen LogP contribution is -2.31. The summed E-state index contributed by atoms with van der Waals surface area (Å²) in [6.07, 6.45) is 0.441. The Kier molecular flexibility index (Phi) is 5.61. The number of nitrogens with one attached hydrogen (secondary N) is 1. The highest BCUT2D eigenvalue weighted by Crippen LogP contribution is 2.22. The first-order chi connectivity index (χ1) is 12.0. The molecule has 1 saturated heterocycles. The molecule has 1 aliphatic heterocycles. The lowest BCUT2D eigenvalue weighted by atomic mass is 10.1. The van der Waals surface area contributed by atoms with Gasteiger partial charge in [0.1, 0.15) is 0 Å². The molecular formula is C19H18Cl2N2O2. The molecule has 2 aromatic carbocycles. The minimum atomic E-state index is -0.276. The molecule has 25 heavy (non-hydrogen) atoms. The van der Waals surface area contributed by atoms with Crippen LogP contribution in [0.4, 0.5) is 0 Å². The van der Waals surface area contributed by atoms with E-state index in [1.54, 1.807) is 18.2 Å². The van der Waals surface area contributed by atoms with Crippen LogP contribution < -0.4 is 5.32 Å². The summed E-state index contributed by atoms with van der Waals surface area (Å²) in [6.45, 7) is 1.67. The molecule has 2 amide bonds. The molecule has 1 aliphatic rings. The number of carbonyl (C=O) groups is 2. The summed E-state index contributed by atoms with van der Waals surface area (Å²) in [5.74, 6) is -0.0662. The Balaban J connectivity index is 1.55.